The molecule has 0 aromatic rings. The minimum absolute atomic E-state index is 0.146. The van der Waals surface area contributed by atoms with Gasteiger partial charge >= 0.3 is 0 Å². The third-order valence-electron chi connectivity index (χ3n) is 3.24. The van der Waals surface area contributed by atoms with Gasteiger partial charge in [0, 0.05) is 13.0 Å². The molecule has 4 nitrogen and oxygen atoms in total. The number of rotatable bonds is 7. The lowest BCUT2D eigenvalue weighted by molar-refractivity contribution is -0.124. The van der Waals surface area contributed by atoms with Crippen molar-refractivity contribution in [3.05, 3.63) is 0 Å². The zero-order chi connectivity index (χ0) is 12.6. The number of hydrogen-bond donors (Lipinski definition) is 2. The van der Waals surface area contributed by atoms with Gasteiger partial charge < -0.3 is 15.8 Å². The van der Waals surface area contributed by atoms with Crippen molar-refractivity contribution in [2.75, 3.05) is 19.8 Å². The van der Waals surface area contributed by atoms with Gasteiger partial charge in [0.25, 0.3) is 0 Å². The van der Waals surface area contributed by atoms with Crippen molar-refractivity contribution in [2.45, 2.75) is 57.4 Å². The quantitative estimate of drug-likeness (QED) is 0.666. The van der Waals surface area contributed by atoms with Crippen LogP contribution in [-0.2, 0) is 9.53 Å². The van der Waals surface area contributed by atoms with Crippen LogP contribution in [-0.4, -0.2) is 31.2 Å². The third-order valence-corrected chi connectivity index (χ3v) is 3.24. The van der Waals surface area contributed by atoms with Crippen molar-refractivity contribution in [3.63, 3.8) is 0 Å². The number of carbonyl (C=O) groups is 1. The van der Waals surface area contributed by atoms with E-state index in [1.165, 1.54) is 0 Å². The Bertz CT molecular complexity index is 225. The lowest BCUT2D eigenvalue weighted by Crippen LogP contribution is -2.51. The Morgan fingerprint density at radius 3 is 2.76 bits per heavy atom. The first-order valence-electron chi connectivity index (χ1n) is 6.75. The van der Waals surface area contributed by atoms with E-state index < -0.39 is 0 Å². The maximum Gasteiger partial charge on any atom is 0.220 e. The lowest BCUT2D eigenvalue weighted by Gasteiger charge is -2.34. The summed E-state index contributed by atoms with van der Waals surface area (Å²) >= 11 is 0. The summed E-state index contributed by atoms with van der Waals surface area (Å²) in [6.45, 7) is 4.29. The van der Waals surface area contributed by atoms with Gasteiger partial charge in [-0.3, -0.25) is 4.79 Å². The van der Waals surface area contributed by atoms with Crippen molar-refractivity contribution in [3.8, 4) is 0 Å². The van der Waals surface area contributed by atoms with E-state index in [0.717, 1.165) is 51.7 Å². The number of amides is 1. The lowest BCUT2D eigenvalue weighted by atomic mass is 9.94. The van der Waals surface area contributed by atoms with Gasteiger partial charge in [0.2, 0.25) is 5.91 Å². The van der Waals surface area contributed by atoms with Gasteiger partial charge in [-0.25, -0.2) is 0 Å². The fraction of sp³-hybridized carbons (Fsp3) is 0.923. The Morgan fingerprint density at radius 1 is 1.35 bits per heavy atom. The summed E-state index contributed by atoms with van der Waals surface area (Å²) in [6.07, 6.45) is 6.93. The van der Waals surface area contributed by atoms with Crippen LogP contribution >= 0.6 is 0 Å². The fourth-order valence-electron chi connectivity index (χ4n) is 2.22. The van der Waals surface area contributed by atoms with Crippen LogP contribution in [0, 0.1) is 0 Å². The number of nitrogens with one attached hydrogen (secondary N) is 1. The Kier molecular flexibility index (Phi) is 6.52. The Labute approximate surface area is 104 Å². The van der Waals surface area contributed by atoms with Crippen molar-refractivity contribution >= 4 is 5.91 Å². The highest BCUT2D eigenvalue weighted by Crippen LogP contribution is 2.18. The average Bonchev–Trinajstić information content (AvgIpc) is 2.29. The molecule has 0 saturated carbocycles. The van der Waals surface area contributed by atoms with E-state index in [1.54, 1.807) is 0 Å². The first-order valence-corrected chi connectivity index (χ1v) is 6.75. The molecule has 3 N–H and O–H groups in total. The van der Waals surface area contributed by atoms with Crippen molar-refractivity contribution in [2.24, 2.45) is 5.73 Å². The monoisotopic (exact) mass is 242 g/mol. The predicted molar refractivity (Wildman–Crippen MR) is 68.7 cm³/mol. The molecule has 1 fully saturated rings. The summed E-state index contributed by atoms with van der Waals surface area (Å²) in [5, 5.41) is 3.10. The van der Waals surface area contributed by atoms with Gasteiger partial charge in [-0.05, 0) is 39.2 Å². The second kappa shape index (κ2) is 7.67. The number of carbonyl (C=O) groups excluding carboxylic acids is 1. The van der Waals surface area contributed by atoms with Crippen molar-refractivity contribution in [1.82, 2.24) is 5.32 Å². The molecule has 17 heavy (non-hydrogen) atoms. The molecule has 1 amide bonds. The van der Waals surface area contributed by atoms with Crippen LogP contribution in [0.1, 0.15) is 51.9 Å². The smallest absolute Gasteiger partial charge is 0.220 e. The van der Waals surface area contributed by atoms with Gasteiger partial charge in [-0.2, -0.15) is 0 Å². The predicted octanol–water partition coefficient (Wildman–Crippen LogP) is 1.58. The highest BCUT2D eigenvalue weighted by molar-refractivity contribution is 5.76. The Hall–Kier alpha value is -0.610. The normalized spacial score (nSPS) is 24.6. The number of hydrogen-bond acceptors (Lipinski definition) is 3. The molecule has 1 heterocycles. The molecular formula is C13H26N2O2. The molecule has 0 radical (unpaired) electrons. The minimum Gasteiger partial charge on any atom is -0.379 e. The Balaban J connectivity index is 2.11. The molecule has 1 aliphatic rings. The van der Waals surface area contributed by atoms with Crippen LogP contribution in [0.2, 0.25) is 0 Å². The molecular weight excluding hydrogens is 216 g/mol. The highest BCUT2D eigenvalue weighted by atomic mass is 16.5. The topological polar surface area (TPSA) is 64.4 Å². The number of ether oxygens (including phenoxy) is 1. The molecule has 0 aromatic carbocycles. The summed E-state index contributed by atoms with van der Waals surface area (Å²) in [4.78, 5) is 11.8. The molecule has 100 valence electrons. The van der Waals surface area contributed by atoms with Crippen LogP contribution in [0.25, 0.3) is 0 Å². The second-order valence-electron chi connectivity index (χ2n) is 5.22. The highest BCUT2D eigenvalue weighted by Gasteiger charge is 2.28. The molecule has 0 spiro atoms. The fourth-order valence-corrected chi connectivity index (χ4v) is 2.22. The summed E-state index contributed by atoms with van der Waals surface area (Å²) in [6, 6.07) is 0. The summed E-state index contributed by atoms with van der Waals surface area (Å²) in [5.41, 5.74) is 5.27. The zero-order valence-corrected chi connectivity index (χ0v) is 11.0. The Morgan fingerprint density at radius 2 is 2.12 bits per heavy atom. The van der Waals surface area contributed by atoms with Gasteiger partial charge in [0.15, 0.2) is 0 Å². The third kappa shape index (κ3) is 6.03. The van der Waals surface area contributed by atoms with Crippen LogP contribution < -0.4 is 11.1 Å². The number of nitrogens with two attached hydrogens (primary N) is 1. The van der Waals surface area contributed by atoms with Crippen molar-refractivity contribution < 1.29 is 9.53 Å². The molecule has 1 rings (SSSR count). The van der Waals surface area contributed by atoms with E-state index in [4.69, 9.17) is 10.5 Å². The van der Waals surface area contributed by atoms with Crippen LogP contribution in [0.3, 0.4) is 0 Å². The van der Waals surface area contributed by atoms with E-state index in [9.17, 15) is 4.79 Å². The molecule has 1 unspecified atom stereocenters. The summed E-state index contributed by atoms with van der Waals surface area (Å²) in [5.74, 6) is 0.158. The van der Waals surface area contributed by atoms with Crippen LogP contribution in [0.4, 0.5) is 0 Å². The summed E-state index contributed by atoms with van der Waals surface area (Å²) < 4.78 is 5.41. The van der Waals surface area contributed by atoms with Gasteiger partial charge in [-0.1, -0.05) is 12.8 Å². The van der Waals surface area contributed by atoms with E-state index in [-0.39, 0.29) is 11.4 Å². The minimum atomic E-state index is -0.146. The molecule has 4 heteroatoms. The maximum absolute atomic E-state index is 11.8. The van der Waals surface area contributed by atoms with Gasteiger partial charge in [0.05, 0.1) is 12.1 Å². The standard InChI is InChI=1S/C13H26N2O2/c1-13(8-6-10-17-11-13)15-12(16)7-4-2-3-5-9-14/h2-11,14H2,1H3,(H,15,16). The van der Waals surface area contributed by atoms with Gasteiger partial charge in [0.1, 0.15) is 0 Å². The van der Waals surface area contributed by atoms with Gasteiger partial charge in [-0.15, -0.1) is 0 Å². The van der Waals surface area contributed by atoms with Crippen LogP contribution in [0.15, 0.2) is 0 Å². The second-order valence-corrected chi connectivity index (χ2v) is 5.22. The van der Waals surface area contributed by atoms with E-state index in [2.05, 4.69) is 12.2 Å². The zero-order valence-electron chi connectivity index (χ0n) is 11.0. The first kappa shape index (κ1) is 14.5. The SMILES string of the molecule is CC1(NC(=O)CCCCCCN)CCCOC1. The molecule has 0 aromatic heterocycles. The molecule has 1 aliphatic heterocycles. The van der Waals surface area contributed by atoms with Crippen LogP contribution in [0.5, 0.6) is 0 Å². The average molecular weight is 242 g/mol. The molecule has 0 aliphatic carbocycles. The molecule has 1 saturated heterocycles. The van der Waals surface area contributed by atoms with E-state index >= 15 is 0 Å². The molecule has 0 bridgehead atoms. The first-order chi connectivity index (χ1) is 8.16. The largest absolute Gasteiger partial charge is 0.379 e. The maximum atomic E-state index is 11.8. The number of unbranched alkanes of at least 4 members (excludes halogenated alkanes) is 3. The van der Waals surface area contributed by atoms with Crippen molar-refractivity contribution in [1.29, 1.82) is 0 Å². The van der Waals surface area contributed by atoms with E-state index in [1.807, 2.05) is 0 Å². The van der Waals surface area contributed by atoms with E-state index in [0.29, 0.717) is 13.0 Å². The summed E-state index contributed by atoms with van der Waals surface area (Å²) in [7, 11) is 0. The molecule has 1 atom stereocenters.